The second-order valence-corrected chi connectivity index (χ2v) is 5.41. The molecule has 0 radical (unpaired) electrons. The van der Waals surface area contributed by atoms with E-state index in [0.717, 1.165) is 23.6 Å². The smallest absolute Gasteiger partial charge is 0.323 e. The van der Waals surface area contributed by atoms with Gasteiger partial charge in [-0.1, -0.05) is 36.4 Å². The Morgan fingerprint density at radius 2 is 1.86 bits per heavy atom. The van der Waals surface area contributed by atoms with Crippen molar-refractivity contribution in [2.45, 2.75) is 18.9 Å². The zero-order valence-corrected chi connectivity index (χ0v) is 12.1. The summed E-state index contributed by atoms with van der Waals surface area (Å²) in [6.07, 6.45) is 1.74. The summed E-state index contributed by atoms with van der Waals surface area (Å²) < 4.78 is 5.64. The van der Waals surface area contributed by atoms with E-state index in [1.54, 1.807) is 0 Å². The van der Waals surface area contributed by atoms with Crippen LogP contribution in [0.25, 0.3) is 10.8 Å². The molecule has 0 heterocycles. The monoisotopic (exact) mass is 299 g/mol. The van der Waals surface area contributed by atoms with Gasteiger partial charge in [-0.05, 0) is 24.3 Å². The molecule has 0 bridgehead atoms. The molecule has 1 fully saturated rings. The molecule has 2 aromatic carbocycles. The third kappa shape index (κ3) is 3.19. The summed E-state index contributed by atoms with van der Waals surface area (Å²) in [7, 11) is 0. The van der Waals surface area contributed by atoms with Gasteiger partial charge in [-0.15, -0.1) is 0 Å². The van der Waals surface area contributed by atoms with Crippen LogP contribution in [0.3, 0.4) is 0 Å². The number of benzene rings is 2. The molecule has 2 aromatic rings. The van der Waals surface area contributed by atoms with Crippen molar-refractivity contribution in [2.24, 2.45) is 0 Å². The largest absolute Gasteiger partial charge is 0.483 e. The number of nitrogens with zero attached hydrogens (tertiary/aromatic N) is 1. The van der Waals surface area contributed by atoms with Gasteiger partial charge in [-0.3, -0.25) is 9.59 Å². The Morgan fingerprint density at radius 1 is 1.14 bits per heavy atom. The number of carbonyl (C=O) groups excluding carboxylic acids is 1. The van der Waals surface area contributed by atoms with Crippen molar-refractivity contribution in [1.29, 1.82) is 0 Å². The molecule has 3 rings (SSSR count). The lowest BCUT2D eigenvalue weighted by Gasteiger charge is -2.20. The fourth-order valence-corrected chi connectivity index (χ4v) is 2.50. The van der Waals surface area contributed by atoms with Gasteiger partial charge in [-0.2, -0.15) is 0 Å². The number of amides is 1. The molecule has 5 heteroatoms. The molecule has 1 aliphatic rings. The zero-order valence-electron chi connectivity index (χ0n) is 12.1. The number of ether oxygens (including phenoxy) is 1. The maximum Gasteiger partial charge on any atom is 0.323 e. The number of aliphatic carboxylic acids is 1. The number of rotatable bonds is 6. The Bertz CT molecular complexity index is 703. The van der Waals surface area contributed by atoms with Gasteiger partial charge in [0.25, 0.3) is 5.91 Å². The molecule has 114 valence electrons. The normalized spacial score (nSPS) is 13.8. The van der Waals surface area contributed by atoms with Crippen LogP contribution in [-0.2, 0) is 9.59 Å². The average Bonchev–Trinajstić information content (AvgIpc) is 3.34. The predicted molar refractivity (Wildman–Crippen MR) is 81.8 cm³/mol. The minimum absolute atomic E-state index is 0.0553. The molecule has 1 aliphatic carbocycles. The first kappa shape index (κ1) is 14.4. The third-order valence-electron chi connectivity index (χ3n) is 3.71. The van der Waals surface area contributed by atoms with Crippen LogP contribution in [-0.4, -0.2) is 41.1 Å². The lowest BCUT2D eigenvalue weighted by Crippen LogP contribution is -2.40. The van der Waals surface area contributed by atoms with E-state index in [9.17, 15) is 9.59 Å². The van der Waals surface area contributed by atoms with Gasteiger partial charge in [0.1, 0.15) is 12.3 Å². The van der Waals surface area contributed by atoms with Crippen LogP contribution in [0.4, 0.5) is 0 Å². The highest BCUT2D eigenvalue weighted by Crippen LogP contribution is 2.28. The van der Waals surface area contributed by atoms with E-state index < -0.39 is 5.97 Å². The summed E-state index contributed by atoms with van der Waals surface area (Å²) in [6.45, 7) is -0.403. The van der Waals surface area contributed by atoms with Crippen LogP contribution in [0.1, 0.15) is 12.8 Å². The molecule has 5 nitrogen and oxygen atoms in total. The number of carboxylic acid groups (broad SMARTS) is 1. The SMILES string of the molecule is O=C(O)CN(C(=O)COc1cccc2ccccc12)C1CC1. The first-order chi connectivity index (χ1) is 10.6. The molecular formula is C17H17NO4. The molecule has 0 unspecified atom stereocenters. The number of hydrogen-bond acceptors (Lipinski definition) is 3. The Labute approximate surface area is 128 Å². The van der Waals surface area contributed by atoms with Gasteiger partial charge in [-0.25, -0.2) is 0 Å². The van der Waals surface area contributed by atoms with E-state index in [2.05, 4.69) is 0 Å². The van der Waals surface area contributed by atoms with Gasteiger partial charge in [0.2, 0.25) is 0 Å². The van der Waals surface area contributed by atoms with Gasteiger partial charge in [0.15, 0.2) is 6.61 Å². The second-order valence-electron chi connectivity index (χ2n) is 5.41. The maximum atomic E-state index is 12.2. The Morgan fingerprint density at radius 3 is 2.59 bits per heavy atom. The van der Waals surface area contributed by atoms with Crippen molar-refractivity contribution in [2.75, 3.05) is 13.2 Å². The van der Waals surface area contributed by atoms with Crippen molar-refractivity contribution in [3.05, 3.63) is 42.5 Å². The molecule has 1 saturated carbocycles. The topological polar surface area (TPSA) is 66.8 Å². The summed E-state index contributed by atoms with van der Waals surface area (Å²) in [6, 6.07) is 13.5. The van der Waals surface area contributed by atoms with Crippen LogP contribution in [0, 0.1) is 0 Å². The molecule has 0 saturated heterocycles. The zero-order chi connectivity index (χ0) is 15.5. The lowest BCUT2D eigenvalue weighted by molar-refractivity contribution is -0.145. The standard InChI is InChI=1S/C17H17NO4/c19-16(18(10-17(20)21)13-8-9-13)11-22-15-7-3-5-12-4-1-2-6-14(12)15/h1-7,13H,8-11H2,(H,20,21). The third-order valence-corrected chi connectivity index (χ3v) is 3.71. The Balaban J connectivity index is 1.70. The first-order valence-corrected chi connectivity index (χ1v) is 7.27. The Kier molecular flexibility index (Phi) is 3.96. The van der Waals surface area contributed by atoms with E-state index >= 15 is 0 Å². The van der Waals surface area contributed by atoms with E-state index in [1.807, 2.05) is 42.5 Å². The Hall–Kier alpha value is -2.56. The fourth-order valence-electron chi connectivity index (χ4n) is 2.50. The fraction of sp³-hybridized carbons (Fsp3) is 0.294. The van der Waals surface area contributed by atoms with Gasteiger partial charge in [0.05, 0.1) is 0 Å². The van der Waals surface area contributed by atoms with Crippen LogP contribution in [0.5, 0.6) is 5.75 Å². The molecule has 1 N–H and O–H groups in total. The molecule has 22 heavy (non-hydrogen) atoms. The summed E-state index contributed by atoms with van der Waals surface area (Å²) in [4.78, 5) is 24.5. The van der Waals surface area contributed by atoms with Crippen LogP contribution in [0.2, 0.25) is 0 Å². The summed E-state index contributed by atoms with van der Waals surface area (Å²) in [5, 5.41) is 10.9. The van der Waals surface area contributed by atoms with Gasteiger partial charge < -0.3 is 14.7 Å². The molecular weight excluding hydrogens is 282 g/mol. The minimum Gasteiger partial charge on any atom is -0.483 e. The lowest BCUT2D eigenvalue weighted by atomic mass is 10.1. The summed E-state index contributed by atoms with van der Waals surface area (Å²) >= 11 is 0. The molecule has 0 spiro atoms. The van der Waals surface area contributed by atoms with E-state index in [4.69, 9.17) is 9.84 Å². The maximum absolute atomic E-state index is 12.2. The number of carbonyl (C=O) groups is 2. The number of carboxylic acids is 1. The van der Waals surface area contributed by atoms with Crippen LogP contribution in [0.15, 0.2) is 42.5 Å². The highest BCUT2D eigenvalue weighted by atomic mass is 16.5. The van der Waals surface area contributed by atoms with Crippen LogP contribution < -0.4 is 4.74 Å². The van der Waals surface area contributed by atoms with Gasteiger partial charge >= 0.3 is 5.97 Å². The number of hydrogen-bond donors (Lipinski definition) is 1. The molecule has 1 amide bonds. The first-order valence-electron chi connectivity index (χ1n) is 7.27. The van der Waals surface area contributed by atoms with E-state index in [-0.39, 0.29) is 25.1 Å². The van der Waals surface area contributed by atoms with Gasteiger partial charge in [0, 0.05) is 11.4 Å². The van der Waals surface area contributed by atoms with Crippen molar-refractivity contribution >= 4 is 22.6 Å². The number of fused-ring (bicyclic) bond motifs is 1. The molecule has 0 aliphatic heterocycles. The van der Waals surface area contributed by atoms with E-state index in [1.165, 1.54) is 4.90 Å². The predicted octanol–water partition coefficient (Wildman–Crippen LogP) is 2.29. The summed E-state index contributed by atoms with van der Waals surface area (Å²) in [5.41, 5.74) is 0. The highest BCUT2D eigenvalue weighted by molar-refractivity contribution is 5.89. The molecule has 0 atom stereocenters. The van der Waals surface area contributed by atoms with Crippen molar-refractivity contribution in [1.82, 2.24) is 4.90 Å². The van der Waals surface area contributed by atoms with Crippen LogP contribution >= 0.6 is 0 Å². The van der Waals surface area contributed by atoms with Crippen molar-refractivity contribution in [3.8, 4) is 5.75 Å². The van der Waals surface area contributed by atoms with Crippen molar-refractivity contribution in [3.63, 3.8) is 0 Å². The summed E-state index contributed by atoms with van der Waals surface area (Å²) in [5.74, 6) is -0.638. The average molecular weight is 299 g/mol. The van der Waals surface area contributed by atoms with E-state index in [0.29, 0.717) is 5.75 Å². The van der Waals surface area contributed by atoms with Crippen molar-refractivity contribution < 1.29 is 19.4 Å². The highest BCUT2D eigenvalue weighted by Gasteiger charge is 2.33. The minimum atomic E-state index is -0.995. The quantitative estimate of drug-likeness (QED) is 0.888. The molecule has 0 aromatic heterocycles. The second kappa shape index (κ2) is 6.05.